The Kier molecular flexibility index (Phi) is 4.26. The molecule has 0 aromatic heterocycles. The van der Waals surface area contributed by atoms with Crippen LogP contribution in [0.5, 0.6) is 0 Å². The van der Waals surface area contributed by atoms with Gasteiger partial charge in [0.15, 0.2) is 0 Å². The molecule has 0 saturated heterocycles. The van der Waals surface area contributed by atoms with Crippen LogP contribution in [0.15, 0.2) is 30.3 Å². The summed E-state index contributed by atoms with van der Waals surface area (Å²) in [6.07, 6.45) is 4.37. The van der Waals surface area contributed by atoms with E-state index in [4.69, 9.17) is 0 Å². The van der Waals surface area contributed by atoms with Crippen LogP contribution in [0.25, 0.3) is 0 Å². The fraction of sp³-hybridized carbons (Fsp3) is 0.267. The van der Waals surface area contributed by atoms with Crippen LogP contribution >= 0.6 is 15.9 Å². The second kappa shape index (κ2) is 5.53. The highest BCUT2D eigenvalue weighted by atomic mass is 79.9. The topological polar surface area (TPSA) is 3.24 Å². The maximum absolute atomic E-state index is 3.69. The van der Waals surface area contributed by atoms with E-state index in [1.165, 1.54) is 22.2 Å². The average Bonchev–Trinajstić information content (AvgIpc) is 2.63. The largest absolute Gasteiger partial charge is 0.302 e. The maximum Gasteiger partial charge on any atom is 0.0568 e. The lowest BCUT2D eigenvalue weighted by Gasteiger charge is -2.32. The lowest BCUT2D eigenvalue weighted by Crippen LogP contribution is -2.27. The molecule has 1 saturated carbocycles. The maximum atomic E-state index is 3.69. The molecule has 0 unspecified atom stereocenters. The minimum Gasteiger partial charge on any atom is -0.302 e. The van der Waals surface area contributed by atoms with Gasteiger partial charge >= 0.3 is 0 Å². The van der Waals surface area contributed by atoms with Crippen molar-refractivity contribution in [3.8, 4) is 0 Å². The Morgan fingerprint density at radius 3 is 2.18 bits per heavy atom. The zero-order valence-electron chi connectivity index (χ0n) is 10.4. The van der Waals surface area contributed by atoms with E-state index in [0.29, 0.717) is 6.04 Å². The molecule has 2 rings (SSSR count). The van der Waals surface area contributed by atoms with Crippen LogP contribution in [0.2, 0.25) is 0 Å². The summed E-state index contributed by atoms with van der Waals surface area (Å²) in [5, 5.41) is 0. The van der Waals surface area contributed by atoms with E-state index >= 15 is 0 Å². The number of halogens is 1. The van der Waals surface area contributed by atoms with Crippen LogP contribution in [0, 0.1) is 29.5 Å². The van der Waals surface area contributed by atoms with Crippen molar-refractivity contribution in [1.29, 1.82) is 0 Å². The molecule has 1 fully saturated rings. The third kappa shape index (κ3) is 2.74. The van der Waals surface area contributed by atoms with Gasteiger partial charge in [-0.2, -0.15) is 0 Å². The fourth-order valence-corrected chi connectivity index (χ4v) is 2.67. The van der Waals surface area contributed by atoms with E-state index in [0.717, 1.165) is 0 Å². The predicted octanol–water partition coefficient (Wildman–Crippen LogP) is 3.81. The summed E-state index contributed by atoms with van der Waals surface area (Å²) in [6, 6.07) is 10.9. The second-order valence-electron chi connectivity index (χ2n) is 4.56. The Labute approximate surface area is 113 Å². The highest BCUT2D eigenvalue weighted by Gasteiger charge is 2.40. The van der Waals surface area contributed by atoms with E-state index in [-0.39, 0.29) is 0 Å². The van der Waals surface area contributed by atoms with Crippen molar-refractivity contribution >= 4 is 15.9 Å². The third-order valence-electron chi connectivity index (χ3n) is 3.04. The molecule has 0 spiro atoms. The Bertz CT molecular complexity index is 349. The number of hydrogen-bond donors (Lipinski definition) is 0. The highest BCUT2D eigenvalue weighted by Crippen LogP contribution is 2.51. The Morgan fingerprint density at radius 2 is 1.71 bits per heavy atom. The number of benzene rings is 1. The van der Waals surface area contributed by atoms with Crippen molar-refractivity contribution in [2.45, 2.75) is 13.0 Å². The van der Waals surface area contributed by atoms with Gasteiger partial charge in [0.2, 0.25) is 0 Å². The Morgan fingerprint density at radius 1 is 1.06 bits per heavy atom. The van der Waals surface area contributed by atoms with E-state index in [9.17, 15) is 0 Å². The molecule has 17 heavy (non-hydrogen) atoms. The van der Waals surface area contributed by atoms with Gasteiger partial charge in [0.1, 0.15) is 0 Å². The molecule has 1 aromatic carbocycles. The monoisotopic (exact) mass is 290 g/mol. The minimum atomic E-state index is 0.305. The van der Waals surface area contributed by atoms with Crippen molar-refractivity contribution in [2.75, 3.05) is 14.1 Å². The van der Waals surface area contributed by atoms with Crippen molar-refractivity contribution in [3.05, 3.63) is 65.4 Å². The van der Waals surface area contributed by atoms with Crippen LogP contribution in [-0.4, -0.2) is 19.0 Å². The van der Waals surface area contributed by atoms with Gasteiger partial charge in [0, 0.05) is 12.0 Å². The molecule has 89 valence electrons. The van der Waals surface area contributed by atoms with Gasteiger partial charge in [-0.1, -0.05) is 53.2 Å². The standard InChI is InChI=1S/C15H17BrN/c1-11-9-10-13(14(11)16)15(17(2)3)12-7-5-4-6-8-12/h4-10,15H,1-3H3/t15-/m1/s1. The molecule has 2 heteroatoms. The van der Waals surface area contributed by atoms with Gasteiger partial charge < -0.3 is 4.90 Å². The number of nitrogens with zero attached hydrogens (tertiary/aromatic N) is 1. The molecule has 1 atom stereocenters. The summed E-state index contributed by atoms with van der Waals surface area (Å²) < 4.78 is 0. The van der Waals surface area contributed by atoms with Crippen molar-refractivity contribution in [2.24, 2.45) is 0 Å². The minimum absolute atomic E-state index is 0.305. The first-order valence-corrected chi connectivity index (χ1v) is 6.53. The summed E-state index contributed by atoms with van der Waals surface area (Å²) in [5.41, 5.74) is 1.32. The predicted molar refractivity (Wildman–Crippen MR) is 75.8 cm³/mol. The van der Waals surface area contributed by atoms with Crippen LogP contribution in [-0.2, 0) is 0 Å². The molecule has 0 bridgehead atoms. The molecule has 1 aliphatic rings. The van der Waals surface area contributed by atoms with Crippen molar-refractivity contribution in [3.63, 3.8) is 0 Å². The first kappa shape index (κ1) is 13.1. The van der Waals surface area contributed by atoms with Gasteiger partial charge in [-0.15, -0.1) is 0 Å². The SMILES string of the molecule is C[C]1[CH][CH][C]([C@@H](c2ccccc2)N(C)C)[C]1Br. The smallest absolute Gasteiger partial charge is 0.0568 e. The second-order valence-corrected chi connectivity index (χ2v) is 5.36. The molecule has 1 aliphatic carbocycles. The normalized spacial score (nSPS) is 21.2. The van der Waals surface area contributed by atoms with Crippen molar-refractivity contribution in [1.82, 2.24) is 4.90 Å². The molecule has 0 amide bonds. The van der Waals surface area contributed by atoms with Gasteiger partial charge in [0.05, 0.1) is 4.83 Å². The summed E-state index contributed by atoms with van der Waals surface area (Å²) in [5.74, 6) is 2.63. The summed E-state index contributed by atoms with van der Waals surface area (Å²) in [6.45, 7) is 2.13. The Hall–Kier alpha value is -0.340. The fourth-order valence-electron chi connectivity index (χ4n) is 2.19. The zero-order chi connectivity index (χ0) is 12.4. The molecule has 0 N–H and O–H groups in total. The number of hydrogen-bond acceptors (Lipinski definition) is 1. The van der Waals surface area contributed by atoms with E-state index in [1.807, 2.05) is 0 Å². The van der Waals surface area contributed by atoms with Crippen LogP contribution < -0.4 is 0 Å². The molecule has 0 aliphatic heterocycles. The first-order chi connectivity index (χ1) is 8.11. The van der Waals surface area contributed by atoms with Gasteiger partial charge in [-0.25, -0.2) is 0 Å². The van der Waals surface area contributed by atoms with Gasteiger partial charge in [-0.3, -0.25) is 0 Å². The molecular formula is C15H17BrN. The summed E-state index contributed by atoms with van der Waals surface area (Å²) in [4.78, 5) is 3.47. The van der Waals surface area contributed by atoms with Gasteiger partial charge in [0.25, 0.3) is 0 Å². The molecule has 5 radical (unpaired) electrons. The molecule has 0 heterocycles. The third-order valence-corrected chi connectivity index (χ3v) is 4.12. The molecular weight excluding hydrogens is 274 g/mol. The quantitative estimate of drug-likeness (QED) is 0.818. The van der Waals surface area contributed by atoms with E-state index in [2.05, 4.69) is 85.0 Å². The lowest BCUT2D eigenvalue weighted by molar-refractivity contribution is 0.319. The number of rotatable bonds is 3. The zero-order valence-corrected chi connectivity index (χ0v) is 12.0. The molecule has 1 nitrogen and oxygen atoms in total. The van der Waals surface area contributed by atoms with Gasteiger partial charge in [-0.05, 0) is 38.4 Å². The Balaban J connectivity index is 2.25. The molecule has 1 aromatic rings. The first-order valence-electron chi connectivity index (χ1n) is 5.74. The average molecular weight is 291 g/mol. The van der Waals surface area contributed by atoms with Crippen LogP contribution in [0.4, 0.5) is 0 Å². The summed E-state index contributed by atoms with van der Waals surface area (Å²) in [7, 11) is 4.24. The lowest BCUT2D eigenvalue weighted by atomic mass is 9.90. The highest BCUT2D eigenvalue weighted by molar-refractivity contribution is 9.11. The van der Waals surface area contributed by atoms with Crippen molar-refractivity contribution < 1.29 is 0 Å². The van der Waals surface area contributed by atoms with Crippen LogP contribution in [0.3, 0.4) is 0 Å². The summed E-state index contributed by atoms with van der Waals surface area (Å²) >= 11 is 3.69. The van der Waals surface area contributed by atoms with Crippen LogP contribution in [0.1, 0.15) is 18.5 Å². The van der Waals surface area contributed by atoms with E-state index in [1.54, 1.807) is 0 Å². The van der Waals surface area contributed by atoms with E-state index < -0.39 is 0 Å².